The predicted octanol–water partition coefficient (Wildman–Crippen LogP) is 5.99. The lowest BCUT2D eigenvalue weighted by Crippen LogP contribution is -2.22. The lowest BCUT2D eigenvalue weighted by atomic mass is 9.76. The van der Waals surface area contributed by atoms with Crippen molar-refractivity contribution in [3.8, 4) is 11.5 Å². The fourth-order valence-corrected chi connectivity index (χ4v) is 2.76. The Kier molecular flexibility index (Phi) is 5.80. The Labute approximate surface area is 157 Å². The van der Waals surface area contributed by atoms with Crippen molar-refractivity contribution in [3.05, 3.63) is 59.2 Å². The molecule has 0 saturated heterocycles. The van der Waals surface area contributed by atoms with Crippen LogP contribution in [0.15, 0.2) is 42.5 Å². The standard InChI is InChI=1S/C23H30O3/c1-7-22(3,4)16-13-14-20(18(15-16)23(5,6)8-2)26-21(25)17-11-9-10-12-19(17)24/h9-15,24H,7-8H2,1-6H3. The van der Waals surface area contributed by atoms with Gasteiger partial charge in [-0.15, -0.1) is 0 Å². The first-order valence-electron chi connectivity index (χ1n) is 9.27. The van der Waals surface area contributed by atoms with Gasteiger partial charge >= 0.3 is 5.97 Å². The van der Waals surface area contributed by atoms with Gasteiger partial charge in [0.15, 0.2) is 0 Å². The minimum atomic E-state index is -0.543. The highest BCUT2D eigenvalue weighted by atomic mass is 16.5. The number of carbonyl (C=O) groups is 1. The molecule has 0 aliphatic heterocycles. The summed E-state index contributed by atoms with van der Waals surface area (Å²) in [4.78, 5) is 12.6. The fourth-order valence-electron chi connectivity index (χ4n) is 2.76. The molecule has 3 heteroatoms. The number of esters is 1. The number of carbonyl (C=O) groups excluding carboxylic acids is 1. The van der Waals surface area contributed by atoms with Gasteiger partial charge in [-0.2, -0.15) is 0 Å². The van der Waals surface area contributed by atoms with E-state index in [0.29, 0.717) is 5.75 Å². The first-order chi connectivity index (χ1) is 12.1. The Morgan fingerprint density at radius 2 is 1.58 bits per heavy atom. The number of aromatic hydroxyl groups is 1. The molecule has 0 radical (unpaired) electrons. The maximum absolute atomic E-state index is 12.6. The zero-order chi connectivity index (χ0) is 19.5. The third-order valence-electron chi connectivity index (χ3n) is 5.58. The number of rotatable bonds is 6. The lowest BCUT2D eigenvalue weighted by Gasteiger charge is -2.30. The van der Waals surface area contributed by atoms with Crippen LogP contribution in [0.5, 0.6) is 11.5 Å². The van der Waals surface area contributed by atoms with Crippen molar-refractivity contribution in [2.45, 2.75) is 65.2 Å². The number of hydrogen-bond donors (Lipinski definition) is 1. The number of benzene rings is 2. The van der Waals surface area contributed by atoms with E-state index in [0.717, 1.165) is 18.4 Å². The van der Waals surface area contributed by atoms with E-state index in [1.807, 2.05) is 12.1 Å². The molecule has 0 aliphatic carbocycles. The molecule has 26 heavy (non-hydrogen) atoms. The summed E-state index contributed by atoms with van der Waals surface area (Å²) in [5, 5.41) is 9.92. The highest BCUT2D eigenvalue weighted by Crippen LogP contribution is 2.38. The normalized spacial score (nSPS) is 12.1. The Morgan fingerprint density at radius 3 is 2.15 bits per heavy atom. The molecule has 0 spiro atoms. The highest BCUT2D eigenvalue weighted by Gasteiger charge is 2.28. The number of phenols is 1. The smallest absolute Gasteiger partial charge is 0.347 e. The van der Waals surface area contributed by atoms with Gasteiger partial charge in [0.2, 0.25) is 0 Å². The Balaban J connectivity index is 2.48. The average molecular weight is 354 g/mol. The van der Waals surface area contributed by atoms with Crippen molar-refractivity contribution >= 4 is 5.97 Å². The molecule has 0 aliphatic rings. The second-order valence-corrected chi connectivity index (χ2v) is 8.09. The maximum Gasteiger partial charge on any atom is 0.347 e. The minimum Gasteiger partial charge on any atom is -0.507 e. The summed E-state index contributed by atoms with van der Waals surface area (Å²) < 4.78 is 5.70. The SMILES string of the molecule is CCC(C)(C)c1ccc(OC(=O)c2ccccc2O)c(C(C)(C)CC)c1. The van der Waals surface area contributed by atoms with Gasteiger partial charge in [0.05, 0.1) is 0 Å². The Bertz CT molecular complexity index is 788. The van der Waals surface area contributed by atoms with Gasteiger partial charge in [0, 0.05) is 5.56 Å². The van der Waals surface area contributed by atoms with Crippen LogP contribution in [0.3, 0.4) is 0 Å². The topological polar surface area (TPSA) is 46.5 Å². The van der Waals surface area contributed by atoms with Gasteiger partial charge in [-0.1, -0.05) is 65.8 Å². The summed E-state index contributed by atoms with van der Waals surface area (Å²) in [7, 11) is 0. The van der Waals surface area contributed by atoms with E-state index in [9.17, 15) is 9.90 Å². The van der Waals surface area contributed by atoms with Gasteiger partial charge in [0.25, 0.3) is 0 Å². The van der Waals surface area contributed by atoms with Gasteiger partial charge < -0.3 is 9.84 Å². The van der Waals surface area contributed by atoms with Crippen LogP contribution in [0.1, 0.15) is 75.9 Å². The maximum atomic E-state index is 12.6. The molecule has 2 rings (SSSR count). The first kappa shape index (κ1) is 20.0. The molecule has 1 N–H and O–H groups in total. The quantitative estimate of drug-likeness (QED) is 0.512. The zero-order valence-corrected chi connectivity index (χ0v) is 16.7. The van der Waals surface area contributed by atoms with Crippen molar-refractivity contribution in [1.29, 1.82) is 0 Å². The monoisotopic (exact) mass is 354 g/mol. The summed E-state index contributed by atoms with van der Waals surface area (Å²) in [5.74, 6) is -0.0583. The van der Waals surface area contributed by atoms with E-state index < -0.39 is 5.97 Å². The van der Waals surface area contributed by atoms with Crippen LogP contribution >= 0.6 is 0 Å². The summed E-state index contributed by atoms with van der Waals surface area (Å²) in [5.41, 5.74) is 2.35. The van der Waals surface area contributed by atoms with E-state index in [1.54, 1.807) is 18.2 Å². The summed E-state index contributed by atoms with van der Waals surface area (Å²) in [6, 6.07) is 12.5. The van der Waals surface area contributed by atoms with Gasteiger partial charge in [-0.25, -0.2) is 4.79 Å². The van der Waals surface area contributed by atoms with Crippen molar-refractivity contribution < 1.29 is 14.6 Å². The molecular weight excluding hydrogens is 324 g/mol. The molecule has 3 nitrogen and oxygen atoms in total. The van der Waals surface area contributed by atoms with Crippen LogP contribution in [-0.4, -0.2) is 11.1 Å². The average Bonchev–Trinajstić information content (AvgIpc) is 2.62. The number of phenolic OH excluding ortho intramolecular Hbond substituents is 1. The summed E-state index contributed by atoms with van der Waals surface area (Å²) >= 11 is 0. The van der Waals surface area contributed by atoms with E-state index in [1.165, 1.54) is 11.6 Å². The lowest BCUT2D eigenvalue weighted by molar-refractivity contribution is 0.0728. The van der Waals surface area contributed by atoms with E-state index >= 15 is 0 Å². The first-order valence-corrected chi connectivity index (χ1v) is 9.27. The number of para-hydroxylation sites is 1. The van der Waals surface area contributed by atoms with Gasteiger partial charge in [-0.05, 0) is 47.4 Å². The van der Waals surface area contributed by atoms with Gasteiger partial charge in [0.1, 0.15) is 17.1 Å². The molecule has 0 saturated carbocycles. The zero-order valence-electron chi connectivity index (χ0n) is 16.7. The van der Waals surface area contributed by atoms with E-state index in [-0.39, 0.29) is 22.1 Å². The fraction of sp³-hybridized carbons (Fsp3) is 0.435. The second kappa shape index (κ2) is 7.53. The van der Waals surface area contributed by atoms with E-state index in [4.69, 9.17) is 4.74 Å². The highest BCUT2D eigenvalue weighted by molar-refractivity contribution is 5.94. The largest absolute Gasteiger partial charge is 0.507 e. The molecule has 0 fully saturated rings. The molecule has 0 aromatic heterocycles. The minimum absolute atomic E-state index is 0.0544. The second-order valence-electron chi connectivity index (χ2n) is 8.09. The summed E-state index contributed by atoms with van der Waals surface area (Å²) in [6.45, 7) is 13.1. The van der Waals surface area contributed by atoms with Crippen LogP contribution in [0.25, 0.3) is 0 Å². The molecule has 0 atom stereocenters. The van der Waals surface area contributed by atoms with Crippen molar-refractivity contribution in [3.63, 3.8) is 0 Å². The predicted molar refractivity (Wildman–Crippen MR) is 106 cm³/mol. The van der Waals surface area contributed by atoms with Crippen LogP contribution in [0.4, 0.5) is 0 Å². The third-order valence-corrected chi connectivity index (χ3v) is 5.58. The van der Waals surface area contributed by atoms with E-state index in [2.05, 4.69) is 47.6 Å². The van der Waals surface area contributed by atoms with Crippen LogP contribution < -0.4 is 4.74 Å². The molecule has 0 unspecified atom stereocenters. The molecular formula is C23H30O3. The van der Waals surface area contributed by atoms with Crippen LogP contribution in [0, 0.1) is 0 Å². The van der Waals surface area contributed by atoms with Crippen molar-refractivity contribution in [2.75, 3.05) is 0 Å². The molecule has 0 heterocycles. The molecule has 2 aromatic carbocycles. The van der Waals surface area contributed by atoms with Crippen LogP contribution in [-0.2, 0) is 10.8 Å². The summed E-state index contributed by atoms with van der Waals surface area (Å²) in [6.07, 6.45) is 1.94. The van der Waals surface area contributed by atoms with Crippen molar-refractivity contribution in [1.82, 2.24) is 0 Å². The molecule has 0 amide bonds. The molecule has 2 aromatic rings. The van der Waals surface area contributed by atoms with Crippen molar-refractivity contribution in [2.24, 2.45) is 0 Å². The molecule has 140 valence electrons. The molecule has 0 bridgehead atoms. The number of ether oxygens (including phenoxy) is 1. The number of hydrogen-bond acceptors (Lipinski definition) is 3. The Hall–Kier alpha value is -2.29. The Morgan fingerprint density at radius 1 is 0.962 bits per heavy atom. The van der Waals surface area contributed by atoms with Gasteiger partial charge in [-0.3, -0.25) is 0 Å². The third kappa shape index (κ3) is 4.09. The van der Waals surface area contributed by atoms with Crippen LogP contribution in [0.2, 0.25) is 0 Å².